The van der Waals surface area contributed by atoms with Crippen LogP contribution >= 0.6 is 0 Å². The molecule has 0 radical (unpaired) electrons. The summed E-state index contributed by atoms with van der Waals surface area (Å²) in [7, 11) is 1.59. The molecule has 140 valence electrons. The van der Waals surface area contributed by atoms with Crippen LogP contribution in [0.2, 0.25) is 0 Å². The van der Waals surface area contributed by atoms with Gasteiger partial charge < -0.3 is 9.88 Å². The van der Waals surface area contributed by atoms with Crippen LogP contribution in [-0.4, -0.2) is 37.4 Å². The van der Waals surface area contributed by atoms with Gasteiger partial charge in [0, 0.05) is 7.05 Å². The topological polar surface area (TPSA) is 101 Å². The Labute approximate surface area is 159 Å². The molecule has 1 amide bonds. The third-order valence-electron chi connectivity index (χ3n) is 4.51. The summed E-state index contributed by atoms with van der Waals surface area (Å²) >= 11 is 0. The summed E-state index contributed by atoms with van der Waals surface area (Å²) < 4.78 is 1.28. The Morgan fingerprint density at radius 1 is 1.04 bits per heavy atom. The molecule has 2 aromatic heterocycles. The van der Waals surface area contributed by atoms with E-state index in [2.05, 4.69) is 15.0 Å². The number of carbonyl (C=O) groups is 1. The quantitative estimate of drug-likeness (QED) is 0.579. The van der Waals surface area contributed by atoms with Crippen LogP contribution in [0.4, 0.5) is 0 Å². The van der Waals surface area contributed by atoms with E-state index in [-0.39, 0.29) is 30.1 Å². The van der Waals surface area contributed by atoms with Crippen LogP contribution in [0.1, 0.15) is 5.82 Å². The van der Waals surface area contributed by atoms with Crippen LogP contribution in [0.15, 0.2) is 64.4 Å². The van der Waals surface area contributed by atoms with Gasteiger partial charge in [-0.25, -0.2) is 9.97 Å². The molecule has 4 aromatic rings. The van der Waals surface area contributed by atoms with Gasteiger partial charge in [0.05, 0.1) is 34.7 Å². The number of nitrogens with one attached hydrogen (secondary N) is 1. The second-order valence-electron chi connectivity index (χ2n) is 6.47. The van der Waals surface area contributed by atoms with Gasteiger partial charge >= 0.3 is 0 Å². The molecule has 0 atom stereocenters. The number of nitrogens with zero attached hydrogens (tertiary/aromatic N) is 4. The van der Waals surface area contributed by atoms with Crippen LogP contribution in [0.25, 0.3) is 21.8 Å². The van der Waals surface area contributed by atoms with Crippen molar-refractivity contribution in [3.05, 3.63) is 81.4 Å². The monoisotopic (exact) mass is 375 g/mol. The summed E-state index contributed by atoms with van der Waals surface area (Å²) in [4.78, 5) is 50.0. The number of fused-ring (bicyclic) bond motifs is 2. The Morgan fingerprint density at radius 2 is 1.71 bits per heavy atom. The molecule has 2 aromatic carbocycles. The van der Waals surface area contributed by atoms with Crippen molar-refractivity contribution in [3.63, 3.8) is 0 Å². The molecule has 0 fully saturated rings. The molecule has 0 saturated heterocycles. The first-order valence-electron chi connectivity index (χ1n) is 8.69. The lowest BCUT2D eigenvalue weighted by Crippen LogP contribution is -2.34. The standard InChI is InChI=1S/C20H17N5O3/c1-24(10-17-22-16-9-5-2-6-13(16)19(27)23-17)18(26)11-25-12-21-15-8-4-3-7-14(15)20(25)28/h2-9,12H,10-11H2,1H3,(H,22,23,27). The number of para-hydroxylation sites is 2. The molecule has 0 aliphatic heterocycles. The molecule has 0 bridgehead atoms. The highest BCUT2D eigenvalue weighted by atomic mass is 16.2. The van der Waals surface area contributed by atoms with E-state index in [1.165, 1.54) is 15.8 Å². The fraction of sp³-hybridized carbons (Fsp3) is 0.150. The van der Waals surface area contributed by atoms with E-state index in [0.717, 1.165) is 0 Å². The van der Waals surface area contributed by atoms with Gasteiger partial charge in [0.25, 0.3) is 11.1 Å². The fourth-order valence-corrected chi connectivity index (χ4v) is 3.01. The van der Waals surface area contributed by atoms with Gasteiger partial charge in [0.15, 0.2) is 0 Å². The summed E-state index contributed by atoms with van der Waals surface area (Å²) in [5.41, 5.74) is 0.625. The van der Waals surface area contributed by atoms with Crippen molar-refractivity contribution in [1.29, 1.82) is 0 Å². The Hall–Kier alpha value is -3.81. The van der Waals surface area contributed by atoms with Gasteiger partial charge in [-0.3, -0.25) is 19.0 Å². The highest BCUT2D eigenvalue weighted by Gasteiger charge is 2.14. The Balaban J connectivity index is 1.55. The molecule has 1 N–H and O–H groups in total. The number of hydrogen-bond donors (Lipinski definition) is 1. The number of H-pyrrole nitrogens is 1. The zero-order valence-corrected chi connectivity index (χ0v) is 15.1. The van der Waals surface area contributed by atoms with Crippen molar-refractivity contribution in [3.8, 4) is 0 Å². The van der Waals surface area contributed by atoms with Crippen LogP contribution in [0.3, 0.4) is 0 Å². The van der Waals surface area contributed by atoms with Gasteiger partial charge in [-0.15, -0.1) is 0 Å². The van der Waals surface area contributed by atoms with E-state index >= 15 is 0 Å². The number of hydrogen-bond acceptors (Lipinski definition) is 5. The van der Waals surface area contributed by atoms with Crippen LogP contribution in [-0.2, 0) is 17.9 Å². The smallest absolute Gasteiger partial charge is 0.261 e. The molecule has 4 rings (SSSR count). The SMILES string of the molecule is CN(Cc1nc2ccccc2c(=O)[nH]1)C(=O)Cn1cnc2ccccc2c1=O. The molecule has 8 nitrogen and oxygen atoms in total. The lowest BCUT2D eigenvalue weighted by atomic mass is 10.2. The number of benzene rings is 2. The van der Waals surface area contributed by atoms with E-state index in [0.29, 0.717) is 27.6 Å². The van der Waals surface area contributed by atoms with Gasteiger partial charge in [0.1, 0.15) is 12.4 Å². The Kier molecular flexibility index (Phi) is 4.44. The average molecular weight is 375 g/mol. The predicted molar refractivity (Wildman–Crippen MR) is 105 cm³/mol. The number of rotatable bonds is 4. The van der Waals surface area contributed by atoms with Crippen molar-refractivity contribution >= 4 is 27.7 Å². The molecule has 8 heteroatoms. The van der Waals surface area contributed by atoms with Crippen LogP contribution in [0, 0.1) is 0 Å². The van der Waals surface area contributed by atoms with Crippen molar-refractivity contribution in [2.45, 2.75) is 13.1 Å². The second-order valence-corrected chi connectivity index (χ2v) is 6.47. The van der Waals surface area contributed by atoms with Gasteiger partial charge in [0.2, 0.25) is 5.91 Å². The van der Waals surface area contributed by atoms with Gasteiger partial charge in [-0.1, -0.05) is 24.3 Å². The number of amides is 1. The summed E-state index contributed by atoms with van der Waals surface area (Å²) in [5, 5.41) is 0.954. The molecule has 2 heterocycles. The maximum Gasteiger partial charge on any atom is 0.261 e. The Morgan fingerprint density at radius 3 is 2.50 bits per heavy atom. The first-order valence-corrected chi connectivity index (χ1v) is 8.69. The van der Waals surface area contributed by atoms with Gasteiger partial charge in [-0.2, -0.15) is 0 Å². The first-order chi connectivity index (χ1) is 13.5. The molecular weight excluding hydrogens is 358 g/mol. The number of aromatic nitrogens is 4. The molecule has 28 heavy (non-hydrogen) atoms. The van der Waals surface area contributed by atoms with E-state index < -0.39 is 0 Å². The zero-order chi connectivity index (χ0) is 19.7. The van der Waals surface area contributed by atoms with Gasteiger partial charge in [-0.05, 0) is 24.3 Å². The van der Waals surface area contributed by atoms with Crippen LogP contribution < -0.4 is 11.1 Å². The minimum absolute atomic E-state index is 0.120. The largest absolute Gasteiger partial charge is 0.337 e. The van der Waals surface area contributed by atoms with Crippen molar-refractivity contribution < 1.29 is 4.79 Å². The highest BCUT2D eigenvalue weighted by Crippen LogP contribution is 2.08. The molecule has 0 aliphatic carbocycles. The normalized spacial score (nSPS) is 11.0. The number of carbonyl (C=O) groups excluding carboxylic acids is 1. The molecule has 0 spiro atoms. The minimum atomic E-state index is -0.296. The maximum absolute atomic E-state index is 12.6. The van der Waals surface area contributed by atoms with Crippen molar-refractivity contribution in [2.75, 3.05) is 7.05 Å². The van der Waals surface area contributed by atoms with E-state index in [1.807, 2.05) is 0 Å². The van der Waals surface area contributed by atoms with E-state index in [4.69, 9.17) is 0 Å². The molecule has 0 unspecified atom stereocenters. The lowest BCUT2D eigenvalue weighted by molar-refractivity contribution is -0.131. The minimum Gasteiger partial charge on any atom is -0.337 e. The molecule has 0 saturated carbocycles. The fourth-order valence-electron chi connectivity index (χ4n) is 3.01. The number of aromatic amines is 1. The number of likely N-dealkylation sites (N-methyl/N-ethyl adjacent to an activating group) is 1. The van der Waals surface area contributed by atoms with E-state index in [1.54, 1.807) is 55.6 Å². The first kappa shape index (κ1) is 17.6. The summed E-state index contributed by atoms with van der Waals surface area (Å²) in [5.74, 6) is 0.0820. The predicted octanol–water partition coefficient (Wildman–Crippen LogP) is 1.29. The summed E-state index contributed by atoms with van der Waals surface area (Å²) in [6.45, 7) is -0.0281. The van der Waals surface area contributed by atoms with Crippen LogP contribution in [0.5, 0.6) is 0 Å². The third-order valence-corrected chi connectivity index (χ3v) is 4.51. The van der Waals surface area contributed by atoms with Crippen molar-refractivity contribution in [1.82, 2.24) is 24.4 Å². The molecule has 0 aliphatic rings. The maximum atomic E-state index is 12.6. The summed E-state index contributed by atoms with van der Waals surface area (Å²) in [6, 6.07) is 14.0. The molecular formula is C20H17N5O3. The zero-order valence-electron chi connectivity index (χ0n) is 15.1. The van der Waals surface area contributed by atoms with Crippen molar-refractivity contribution in [2.24, 2.45) is 0 Å². The lowest BCUT2D eigenvalue weighted by Gasteiger charge is -2.17. The highest BCUT2D eigenvalue weighted by molar-refractivity contribution is 5.79. The third kappa shape index (κ3) is 3.27. The Bertz CT molecular complexity index is 1310. The summed E-state index contributed by atoms with van der Waals surface area (Å²) in [6.07, 6.45) is 1.37. The average Bonchev–Trinajstić information content (AvgIpc) is 2.70. The second kappa shape index (κ2) is 7.07. The van der Waals surface area contributed by atoms with E-state index in [9.17, 15) is 14.4 Å².